The Bertz CT molecular complexity index is 1420. The third-order valence-corrected chi connectivity index (χ3v) is 8.27. The molecule has 1 unspecified atom stereocenters. The standard InChI is InChI=1S/C24H32FN6O8PS/c1-5-35-20-16-19(28-23(26)29-20)31(12-27-16)21-17(32)18(33)24(25,38-21)11-36-40(41,39-15-9-7-6-8-10-15)30-14(4)22(34)37-13(2)3/h6-10,12-14,17-18,21,32-33H,5,11H2,1-4H3,(H,30,41)(H2,26,28,29)/t14-,17-,18+,21-,24-,40?/m1/s1. The van der Waals surface area contributed by atoms with Crippen molar-refractivity contribution in [1.82, 2.24) is 24.6 Å². The second-order valence-corrected chi connectivity index (χ2v) is 12.5. The summed E-state index contributed by atoms with van der Waals surface area (Å²) in [4.78, 5) is 24.7. The normalized spacial score (nSPS) is 24.7. The summed E-state index contributed by atoms with van der Waals surface area (Å²) >= 11 is 5.59. The van der Waals surface area contributed by atoms with Crippen LogP contribution in [0.2, 0.25) is 0 Å². The van der Waals surface area contributed by atoms with Crippen LogP contribution in [-0.4, -0.2) is 79.1 Å². The van der Waals surface area contributed by atoms with Crippen molar-refractivity contribution in [1.29, 1.82) is 0 Å². The first-order chi connectivity index (χ1) is 19.4. The molecular weight excluding hydrogens is 582 g/mol. The molecule has 0 spiro atoms. The van der Waals surface area contributed by atoms with Crippen molar-refractivity contribution in [3.05, 3.63) is 36.7 Å². The summed E-state index contributed by atoms with van der Waals surface area (Å²) < 4.78 is 45.1. The number of esters is 1. The number of imidazole rings is 1. The molecule has 1 aliphatic heterocycles. The monoisotopic (exact) mass is 614 g/mol. The van der Waals surface area contributed by atoms with Gasteiger partial charge in [-0.1, -0.05) is 18.2 Å². The van der Waals surface area contributed by atoms with E-state index in [1.165, 1.54) is 17.8 Å². The first-order valence-corrected chi connectivity index (χ1v) is 15.3. The first-order valence-electron chi connectivity index (χ1n) is 12.7. The van der Waals surface area contributed by atoms with Gasteiger partial charge in [-0.2, -0.15) is 9.97 Å². The summed E-state index contributed by atoms with van der Waals surface area (Å²) in [5.74, 6) is -3.36. The number of nitrogens with one attached hydrogen (secondary N) is 1. The fraction of sp³-hybridized carbons (Fsp3) is 0.500. The minimum Gasteiger partial charge on any atom is -0.476 e. The molecular formula is C24H32FN6O8PS. The zero-order valence-corrected chi connectivity index (χ0v) is 24.4. The van der Waals surface area contributed by atoms with Crippen molar-refractivity contribution in [2.45, 2.75) is 64.1 Å². The molecule has 0 saturated carbocycles. The number of benzene rings is 1. The Kier molecular flexibility index (Phi) is 9.43. The van der Waals surface area contributed by atoms with Gasteiger partial charge >= 0.3 is 12.6 Å². The summed E-state index contributed by atoms with van der Waals surface area (Å²) in [7, 11) is 0. The molecule has 3 aromatic rings. The van der Waals surface area contributed by atoms with Crippen LogP contribution in [-0.2, 0) is 30.6 Å². The molecule has 0 bridgehead atoms. The lowest BCUT2D eigenvalue weighted by Crippen LogP contribution is -2.44. The molecule has 5 N–H and O–H groups in total. The maximum atomic E-state index is 16.1. The number of rotatable bonds is 12. The molecule has 1 saturated heterocycles. The van der Waals surface area contributed by atoms with Gasteiger partial charge in [0, 0.05) is 0 Å². The van der Waals surface area contributed by atoms with Gasteiger partial charge in [0.25, 0.3) is 5.85 Å². The van der Waals surface area contributed by atoms with Crippen molar-refractivity contribution >= 4 is 41.5 Å². The molecule has 4 rings (SSSR count). The molecule has 14 nitrogen and oxygen atoms in total. The third-order valence-electron chi connectivity index (χ3n) is 5.79. The van der Waals surface area contributed by atoms with Crippen LogP contribution < -0.4 is 20.1 Å². The number of hydrogen-bond donors (Lipinski definition) is 4. The fourth-order valence-electron chi connectivity index (χ4n) is 3.93. The molecule has 17 heteroatoms. The molecule has 2 aromatic heterocycles. The molecule has 224 valence electrons. The van der Waals surface area contributed by atoms with E-state index in [1.807, 2.05) is 0 Å². The number of para-hydroxylation sites is 1. The molecule has 0 amide bonds. The predicted molar refractivity (Wildman–Crippen MR) is 148 cm³/mol. The van der Waals surface area contributed by atoms with E-state index in [9.17, 15) is 15.0 Å². The van der Waals surface area contributed by atoms with E-state index in [-0.39, 0.29) is 35.7 Å². The molecule has 0 aliphatic carbocycles. The van der Waals surface area contributed by atoms with Crippen molar-refractivity contribution < 1.29 is 42.7 Å². The van der Waals surface area contributed by atoms with Crippen LogP contribution in [0.5, 0.6) is 11.6 Å². The number of nitrogens with two attached hydrogens (primary N) is 1. The van der Waals surface area contributed by atoms with Crippen LogP contribution in [0.15, 0.2) is 36.7 Å². The van der Waals surface area contributed by atoms with Crippen LogP contribution in [0, 0.1) is 0 Å². The number of aliphatic hydroxyl groups excluding tert-OH is 2. The fourth-order valence-corrected chi connectivity index (χ4v) is 6.33. The number of carbonyl (C=O) groups excluding carboxylic acids is 1. The largest absolute Gasteiger partial charge is 0.476 e. The summed E-state index contributed by atoms with van der Waals surface area (Å²) in [5, 5.41) is 24.3. The van der Waals surface area contributed by atoms with Gasteiger partial charge in [-0.05, 0) is 51.6 Å². The number of nitrogen functional groups attached to an aromatic ring is 1. The highest BCUT2D eigenvalue weighted by atomic mass is 32.5. The topological polar surface area (TPSA) is 185 Å². The van der Waals surface area contributed by atoms with Gasteiger partial charge in [0.2, 0.25) is 11.8 Å². The number of halogens is 1. The Morgan fingerprint density at radius 3 is 2.66 bits per heavy atom. The van der Waals surface area contributed by atoms with Crippen LogP contribution in [0.3, 0.4) is 0 Å². The van der Waals surface area contributed by atoms with E-state index in [0.717, 1.165) is 0 Å². The lowest BCUT2D eigenvalue weighted by Gasteiger charge is -2.30. The number of carbonyl (C=O) groups is 1. The van der Waals surface area contributed by atoms with Gasteiger partial charge in [0.05, 0.1) is 19.0 Å². The maximum absolute atomic E-state index is 16.1. The Morgan fingerprint density at radius 2 is 2.00 bits per heavy atom. The Morgan fingerprint density at radius 1 is 1.29 bits per heavy atom. The minimum absolute atomic E-state index is 0.0825. The Balaban J connectivity index is 1.57. The number of aliphatic hydroxyl groups is 2. The molecule has 1 aromatic carbocycles. The van der Waals surface area contributed by atoms with Gasteiger partial charge < -0.3 is 39.2 Å². The van der Waals surface area contributed by atoms with Crippen LogP contribution >= 0.6 is 6.64 Å². The lowest BCUT2D eigenvalue weighted by molar-refractivity contribution is -0.202. The van der Waals surface area contributed by atoms with E-state index in [2.05, 4.69) is 20.0 Å². The summed E-state index contributed by atoms with van der Waals surface area (Å²) in [6, 6.07) is 7.35. The predicted octanol–water partition coefficient (Wildman–Crippen LogP) is 1.97. The quantitative estimate of drug-likeness (QED) is 0.171. The van der Waals surface area contributed by atoms with Crippen molar-refractivity contribution in [2.24, 2.45) is 0 Å². The molecule has 3 heterocycles. The van der Waals surface area contributed by atoms with Gasteiger partial charge in [0.1, 0.15) is 30.6 Å². The maximum Gasteiger partial charge on any atom is 0.323 e. The Labute approximate surface area is 240 Å². The third kappa shape index (κ3) is 6.92. The van der Waals surface area contributed by atoms with Crippen LogP contribution in [0.1, 0.15) is 33.9 Å². The van der Waals surface area contributed by atoms with E-state index in [4.69, 9.17) is 40.8 Å². The van der Waals surface area contributed by atoms with Crippen LogP contribution in [0.4, 0.5) is 10.3 Å². The summed E-state index contributed by atoms with van der Waals surface area (Å²) in [6.45, 7) is 2.22. The highest BCUT2D eigenvalue weighted by Gasteiger charge is 2.57. The number of hydrogen-bond acceptors (Lipinski definition) is 13. The number of aromatic nitrogens is 4. The van der Waals surface area contributed by atoms with E-state index < -0.39 is 49.6 Å². The second-order valence-electron chi connectivity index (χ2n) is 9.39. The van der Waals surface area contributed by atoms with Crippen LogP contribution in [0.25, 0.3) is 11.2 Å². The smallest absolute Gasteiger partial charge is 0.323 e. The summed E-state index contributed by atoms with van der Waals surface area (Å²) in [5.41, 5.74) is 6.07. The summed E-state index contributed by atoms with van der Waals surface area (Å²) in [6.07, 6.45) is -4.53. The Hall–Kier alpha value is -2.98. The highest BCUT2D eigenvalue weighted by molar-refractivity contribution is 8.09. The molecule has 6 atom stereocenters. The van der Waals surface area contributed by atoms with Gasteiger partial charge in [-0.15, -0.1) is 0 Å². The van der Waals surface area contributed by atoms with E-state index >= 15 is 4.39 Å². The minimum atomic E-state index is -3.68. The number of fused-ring (bicyclic) bond motifs is 1. The van der Waals surface area contributed by atoms with Crippen molar-refractivity contribution in [3.63, 3.8) is 0 Å². The van der Waals surface area contributed by atoms with Gasteiger partial charge in [-0.25, -0.2) is 14.5 Å². The number of anilines is 1. The SMILES string of the molecule is CCOc1nc(N)nc2c1ncn2[C@@H]1O[C@](F)(COP(=S)(N[C@H](C)C(=O)OC(C)C)Oc2ccccc2)[C@@H](O)[C@H]1O. The highest BCUT2D eigenvalue weighted by Crippen LogP contribution is 2.48. The number of nitrogens with zero attached hydrogens (tertiary/aromatic N) is 4. The molecule has 0 radical (unpaired) electrons. The molecule has 1 fully saturated rings. The van der Waals surface area contributed by atoms with E-state index in [0.29, 0.717) is 5.75 Å². The average Bonchev–Trinajstić information content (AvgIpc) is 3.42. The molecule has 1 aliphatic rings. The zero-order valence-electron chi connectivity index (χ0n) is 22.7. The first kappa shape index (κ1) is 31.0. The van der Waals surface area contributed by atoms with E-state index in [1.54, 1.807) is 51.1 Å². The van der Waals surface area contributed by atoms with Crippen molar-refractivity contribution in [2.75, 3.05) is 18.9 Å². The number of ether oxygens (including phenoxy) is 3. The van der Waals surface area contributed by atoms with Gasteiger partial charge in [0.15, 0.2) is 17.4 Å². The average molecular weight is 615 g/mol. The van der Waals surface area contributed by atoms with Crippen molar-refractivity contribution in [3.8, 4) is 11.6 Å². The number of alkyl halides is 1. The zero-order chi connectivity index (χ0) is 29.9. The second kappa shape index (κ2) is 12.5. The lowest BCUT2D eigenvalue weighted by atomic mass is 10.1. The van der Waals surface area contributed by atoms with Gasteiger partial charge in [-0.3, -0.25) is 9.36 Å². The molecule has 41 heavy (non-hydrogen) atoms.